The van der Waals surface area contributed by atoms with Gasteiger partial charge in [0.1, 0.15) is 5.82 Å². The molecule has 1 unspecified atom stereocenters. The minimum Gasteiger partial charge on any atom is -0.357 e. The highest BCUT2D eigenvalue weighted by atomic mass is 79.9. The van der Waals surface area contributed by atoms with Crippen LogP contribution in [0.5, 0.6) is 0 Å². The number of rotatable bonds is 1. The topological polar surface area (TPSA) is 38.1 Å². The van der Waals surface area contributed by atoms with Crippen molar-refractivity contribution in [3.8, 4) is 11.1 Å². The van der Waals surface area contributed by atoms with Crippen LogP contribution in [0.15, 0.2) is 39.9 Å². The Bertz CT molecular complexity index is 741. The van der Waals surface area contributed by atoms with Gasteiger partial charge < -0.3 is 4.90 Å². The first-order chi connectivity index (χ1) is 10.2. The molecule has 2 aliphatic heterocycles. The smallest absolute Gasteiger partial charge is 0.260 e. The van der Waals surface area contributed by atoms with E-state index in [9.17, 15) is 4.79 Å². The van der Waals surface area contributed by atoms with Crippen molar-refractivity contribution in [2.75, 3.05) is 18.0 Å². The molecule has 1 atom stereocenters. The Morgan fingerprint density at radius 2 is 2.24 bits per heavy atom. The molecule has 108 valence electrons. The number of hydrogen-bond donors (Lipinski definition) is 0. The molecule has 2 aliphatic rings. The SMILES string of the molecule is O=c1c(-c2cccnc2)cc(Br)c2n1CC1CCCN2C1. The van der Waals surface area contributed by atoms with E-state index in [0.29, 0.717) is 5.92 Å². The van der Waals surface area contributed by atoms with Crippen LogP contribution in [0.25, 0.3) is 11.1 Å². The van der Waals surface area contributed by atoms with Gasteiger partial charge in [-0.25, -0.2) is 0 Å². The number of hydrogen-bond acceptors (Lipinski definition) is 3. The van der Waals surface area contributed by atoms with Crippen molar-refractivity contribution in [2.24, 2.45) is 5.92 Å². The minimum atomic E-state index is 0.0952. The number of halogens is 1. The van der Waals surface area contributed by atoms with Crippen molar-refractivity contribution in [1.82, 2.24) is 9.55 Å². The zero-order chi connectivity index (χ0) is 14.4. The van der Waals surface area contributed by atoms with E-state index >= 15 is 0 Å². The Morgan fingerprint density at radius 1 is 1.33 bits per heavy atom. The van der Waals surface area contributed by atoms with Gasteiger partial charge in [-0.1, -0.05) is 6.07 Å². The molecule has 0 aromatic carbocycles. The Balaban J connectivity index is 1.92. The maximum Gasteiger partial charge on any atom is 0.260 e. The molecule has 5 heteroatoms. The predicted molar refractivity (Wildman–Crippen MR) is 86.6 cm³/mol. The Labute approximate surface area is 131 Å². The summed E-state index contributed by atoms with van der Waals surface area (Å²) in [5, 5.41) is 0. The van der Waals surface area contributed by atoms with Crippen LogP contribution in [0.3, 0.4) is 0 Å². The average Bonchev–Trinajstić information content (AvgIpc) is 2.51. The summed E-state index contributed by atoms with van der Waals surface area (Å²) < 4.78 is 2.95. The van der Waals surface area contributed by atoms with E-state index in [0.717, 1.165) is 41.1 Å². The van der Waals surface area contributed by atoms with Gasteiger partial charge in [0.05, 0.1) is 4.47 Å². The van der Waals surface area contributed by atoms with Crippen LogP contribution in [-0.2, 0) is 6.54 Å². The lowest BCUT2D eigenvalue weighted by Crippen LogP contribution is -2.46. The monoisotopic (exact) mass is 345 g/mol. The summed E-state index contributed by atoms with van der Waals surface area (Å²) in [6.45, 7) is 2.95. The summed E-state index contributed by atoms with van der Waals surface area (Å²) in [6.07, 6.45) is 5.91. The lowest BCUT2D eigenvalue weighted by atomic mass is 9.95. The van der Waals surface area contributed by atoms with Gasteiger partial charge in [0.15, 0.2) is 0 Å². The zero-order valence-corrected chi connectivity index (χ0v) is 13.2. The largest absolute Gasteiger partial charge is 0.357 e. The van der Waals surface area contributed by atoms with Crippen LogP contribution in [0.2, 0.25) is 0 Å². The van der Waals surface area contributed by atoms with E-state index in [1.807, 2.05) is 22.8 Å². The van der Waals surface area contributed by atoms with Gasteiger partial charge in [0.2, 0.25) is 0 Å². The second-order valence-electron chi connectivity index (χ2n) is 5.84. The van der Waals surface area contributed by atoms with Gasteiger partial charge in [-0.2, -0.15) is 0 Å². The van der Waals surface area contributed by atoms with E-state index in [2.05, 4.69) is 25.8 Å². The first kappa shape index (κ1) is 13.1. The van der Waals surface area contributed by atoms with Gasteiger partial charge in [-0.3, -0.25) is 14.3 Å². The molecule has 0 radical (unpaired) electrons. The molecule has 4 rings (SSSR count). The summed E-state index contributed by atoms with van der Waals surface area (Å²) in [6, 6.07) is 5.75. The first-order valence-corrected chi connectivity index (χ1v) is 8.12. The molecular formula is C16H16BrN3O. The molecule has 2 aromatic rings. The highest BCUT2D eigenvalue weighted by Gasteiger charge is 2.31. The Kier molecular flexibility index (Phi) is 3.10. The number of nitrogens with zero attached hydrogens (tertiary/aromatic N) is 3. The Morgan fingerprint density at radius 3 is 3.05 bits per heavy atom. The van der Waals surface area contributed by atoms with Gasteiger partial charge in [0, 0.05) is 43.2 Å². The van der Waals surface area contributed by atoms with E-state index in [-0.39, 0.29) is 5.56 Å². The molecule has 4 heterocycles. The fourth-order valence-corrected chi connectivity index (χ4v) is 4.20. The number of piperidine rings is 1. The summed E-state index contributed by atoms with van der Waals surface area (Å²) in [7, 11) is 0. The molecule has 0 saturated carbocycles. The van der Waals surface area contributed by atoms with Crippen LogP contribution in [0.4, 0.5) is 5.82 Å². The molecule has 1 saturated heterocycles. The van der Waals surface area contributed by atoms with E-state index in [4.69, 9.17) is 0 Å². The summed E-state index contributed by atoms with van der Waals surface area (Å²) >= 11 is 3.67. The van der Waals surface area contributed by atoms with Crippen LogP contribution in [0.1, 0.15) is 12.8 Å². The maximum atomic E-state index is 12.9. The summed E-state index contributed by atoms with van der Waals surface area (Å²) in [5.74, 6) is 1.64. The summed E-state index contributed by atoms with van der Waals surface area (Å²) in [4.78, 5) is 19.4. The number of aromatic nitrogens is 2. The number of fused-ring (bicyclic) bond motifs is 4. The van der Waals surface area contributed by atoms with Crippen molar-refractivity contribution in [2.45, 2.75) is 19.4 Å². The van der Waals surface area contributed by atoms with Crippen molar-refractivity contribution in [3.05, 3.63) is 45.4 Å². The van der Waals surface area contributed by atoms with Crippen LogP contribution >= 0.6 is 15.9 Å². The summed E-state index contributed by atoms with van der Waals surface area (Å²) in [5.41, 5.74) is 1.70. The molecule has 2 bridgehead atoms. The molecule has 0 spiro atoms. The van der Waals surface area contributed by atoms with Gasteiger partial charge in [-0.05, 0) is 46.8 Å². The van der Waals surface area contributed by atoms with Crippen molar-refractivity contribution in [1.29, 1.82) is 0 Å². The van der Waals surface area contributed by atoms with Gasteiger partial charge in [0.25, 0.3) is 5.56 Å². The Hall–Kier alpha value is -1.62. The normalized spacial score (nSPS) is 20.2. The van der Waals surface area contributed by atoms with Gasteiger partial charge >= 0.3 is 0 Å². The second-order valence-corrected chi connectivity index (χ2v) is 6.70. The van der Waals surface area contributed by atoms with Crippen molar-refractivity contribution >= 4 is 21.7 Å². The quantitative estimate of drug-likeness (QED) is 0.797. The lowest BCUT2D eigenvalue weighted by Gasteiger charge is -2.41. The molecule has 0 amide bonds. The lowest BCUT2D eigenvalue weighted by molar-refractivity contribution is 0.328. The highest BCUT2D eigenvalue weighted by molar-refractivity contribution is 9.10. The molecular weight excluding hydrogens is 330 g/mol. The standard InChI is InChI=1S/C16H16BrN3O/c17-14-7-13(12-4-1-5-18-8-12)16(21)20-10-11-3-2-6-19(9-11)15(14)20/h1,4-5,7-8,11H,2-3,6,9-10H2. The van der Waals surface area contributed by atoms with Gasteiger partial charge in [-0.15, -0.1) is 0 Å². The molecule has 4 nitrogen and oxygen atoms in total. The van der Waals surface area contributed by atoms with Crippen LogP contribution in [-0.4, -0.2) is 22.6 Å². The van der Waals surface area contributed by atoms with Crippen molar-refractivity contribution < 1.29 is 0 Å². The molecule has 21 heavy (non-hydrogen) atoms. The minimum absolute atomic E-state index is 0.0952. The molecule has 0 N–H and O–H groups in total. The van der Waals surface area contributed by atoms with Crippen LogP contribution in [0, 0.1) is 5.92 Å². The first-order valence-electron chi connectivity index (χ1n) is 7.33. The highest BCUT2D eigenvalue weighted by Crippen LogP contribution is 2.36. The number of anilines is 1. The molecule has 2 aromatic heterocycles. The second kappa shape index (κ2) is 4.98. The third-order valence-corrected chi connectivity index (χ3v) is 5.03. The third-order valence-electron chi connectivity index (χ3n) is 4.45. The van der Waals surface area contributed by atoms with E-state index in [1.165, 1.54) is 12.8 Å². The number of pyridine rings is 2. The predicted octanol–water partition coefficient (Wildman–Crippen LogP) is 2.90. The third kappa shape index (κ3) is 2.11. The van der Waals surface area contributed by atoms with E-state index < -0.39 is 0 Å². The zero-order valence-electron chi connectivity index (χ0n) is 11.6. The molecule has 0 aliphatic carbocycles. The van der Waals surface area contributed by atoms with E-state index in [1.54, 1.807) is 12.4 Å². The maximum absolute atomic E-state index is 12.9. The average molecular weight is 346 g/mol. The van der Waals surface area contributed by atoms with Crippen molar-refractivity contribution in [3.63, 3.8) is 0 Å². The molecule has 1 fully saturated rings. The fraction of sp³-hybridized carbons (Fsp3) is 0.375. The fourth-order valence-electron chi connectivity index (χ4n) is 3.51. The van der Waals surface area contributed by atoms with Crippen LogP contribution < -0.4 is 10.5 Å².